The Morgan fingerprint density at radius 1 is 1.22 bits per heavy atom. The summed E-state index contributed by atoms with van der Waals surface area (Å²) < 4.78 is 0. The summed E-state index contributed by atoms with van der Waals surface area (Å²) in [7, 11) is 0. The average Bonchev–Trinajstić information content (AvgIpc) is 2.39. The number of rotatable bonds is 5. The molecule has 1 aromatic heterocycles. The minimum Gasteiger partial charge on any atom is -0.381 e. The summed E-state index contributed by atoms with van der Waals surface area (Å²) in [4.78, 5) is 4.18. The summed E-state index contributed by atoms with van der Waals surface area (Å²) in [6.45, 7) is 1.98. The van der Waals surface area contributed by atoms with Crippen molar-refractivity contribution in [1.29, 1.82) is 0 Å². The molecule has 1 N–H and O–H groups in total. The van der Waals surface area contributed by atoms with Crippen LogP contribution in [0.1, 0.15) is 11.3 Å². The van der Waals surface area contributed by atoms with Gasteiger partial charge in [0.15, 0.2) is 0 Å². The van der Waals surface area contributed by atoms with Crippen LogP contribution in [0.25, 0.3) is 0 Å². The van der Waals surface area contributed by atoms with E-state index in [0.29, 0.717) is 5.88 Å². The van der Waals surface area contributed by atoms with Crippen LogP contribution in [0.15, 0.2) is 48.7 Å². The zero-order valence-corrected chi connectivity index (χ0v) is 11.2. The van der Waals surface area contributed by atoms with Gasteiger partial charge in [-0.05, 0) is 31.0 Å². The standard InChI is InChI=1S/C15H17ClN2/c1-12-9-14(7-8-17-12)18-15(11-16)10-13-5-3-2-4-6-13/h2-9,15H,10-11H2,1H3,(H,17,18). The van der Waals surface area contributed by atoms with Crippen LogP contribution in [0.4, 0.5) is 5.69 Å². The van der Waals surface area contributed by atoms with E-state index in [4.69, 9.17) is 11.6 Å². The maximum Gasteiger partial charge on any atom is 0.0437 e. The molecule has 0 bridgehead atoms. The molecule has 0 fully saturated rings. The highest BCUT2D eigenvalue weighted by molar-refractivity contribution is 6.18. The molecule has 2 rings (SSSR count). The molecule has 94 valence electrons. The van der Waals surface area contributed by atoms with Crippen molar-refractivity contribution in [3.05, 3.63) is 59.9 Å². The normalized spacial score (nSPS) is 12.1. The average molecular weight is 261 g/mol. The van der Waals surface area contributed by atoms with E-state index in [1.54, 1.807) is 0 Å². The Bertz CT molecular complexity index is 485. The predicted molar refractivity (Wildman–Crippen MR) is 77.3 cm³/mol. The number of nitrogens with one attached hydrogen (secondary N) is 1. The minimum atomic E-state index is 0.232. The zero-order valence-electron chi connectivity index (χ0n) is 10.4. The molecule has 1 unspecified atom stereocenters. The lowest BCUT2D eigenvalue weighted by atomic mass is 10.1. The van der Waals surface area contributed by atoms with E-state index in [2.05, 4.69) is 34.6 Å². The molecular formula is C15H17ClN2. The number of pyridine rings is 1. The van der Waals surface area contributed by atoms with Crippen molar-refractivity contribution in [2.24, 2.45) is 0 Å². The van der Waals surface area contributed by atoms with Crippen molar-refractivity contribution in [2.45, 2.75) is 19.4 Å². The molecule has 3 heteroatoms. The van der Waals surface area contributed by atoms with Gasteiger partial charge in [-0.1, -0.05) is 30.3 Å². The quantitative estimate of drug-likeness (QED) is 0.830. The van der Waals surface area contributed by atoms with Gasteiger partial charge >= 0.3 is 0 Å². The number of aromatic nitrogens is 1. The molecule has 18 heavy (non-hydrogen) atoms. The number of alkyl halides is 1. The van der Waals surface area contributed by atoms with Crippen molar-refractivity contribution in [2.75, 3.05) is 11.2 Å². The first-order valence-electron chi connectivity index (χ1n) is 6.07. The first-order valence-corrected chi connectivity index (χ1v) is 6.60. The van der Waals surface area contributed by atoms with Crippen LogP contribution >= 0.6 is 11.6 Å². The van der Waals surface area contributed by atoms with Crippen molar-refractivity contribution in [1.82, 2.24) is 4.98 Å². The molecule has 0 aliphatic heterocycles. The van der Waals surface area contributed by atoms with Gasteiger partial charge in [-0.25, -0.2) is 0 Å². The maximum absolute atomic E-state index is 6.03. The van der Waals surface area contributed by atoms with Crippen LogP contribution in [0.3, 0.4) is 0 Å². The van der Waals surface area contributed by atoms with Gasteiger partial charge in [-0.2, -0.15) is 0 Å². The second-order valence-corrected chi connectivity index (χ2v) is 4.68. The van der Waals surface area contributed by atoms with Crippen molar-refractivity contribution >= 4 is 17.3 Å². The van der Waals surface area contributed by atoms with Gasteiger partial charge in [-0.3, -0.25) is 4.98 Å². The lowest BCUT2D eigenvalue weighted by molar-refractivity contribution is 0.796. The predicted octanol–water partition coefficient (Wildman–Crippen LogP) is 3.65. The third-order valence-corrected chi connectivity index (χ3v) is 3.15. The number of benzene rings is 1. The molecule has 1 aromatic carbocycles. The summed E-state index contributed by atoms with van der Waals surface area (Å²) >= 11 is 6.03. The van der Waals surface area contributed by atoms with Crippen LogP contribution in [-0.2, 0) is 6.42 Å². The fraction of sp³-hybridized carbons (Fsp3) is 0.267. The molecule has 0 saturated carbocycles. The summed E-state index contributed by atoms with van der Waals surface area (Å²) in [5, 5.41) is 3.45. The molecular weight excluding hydrogens is 244 g/mol. The third kappa shape index (κ3) is 3.74. The van der Waals surface area contributed by atoms with Gasteiger partial charge in [0.2, 0.25) is 0 Å². The number of halogens is 1. The lowest BCUT2D eigenvalue weighted by Gasteiger charge is -2.17. The Kier molecular flexibility index (Phi) is 4.59. The number of hydrogen-bond donors (Lipinski definition) is 1. The van der Waals surface area contributed by atoms with Crippen molar-refractivity contribution in [3.63, 3.8) is 0 Å². The fourth-order valence-electron chi connectivity index (χ4n) is 1.91. The smallest absolute Gasteiger partial charge is 0.0437 e. The van der Waals surface area contributed by atoms with Gasteiger partial charge in [-0.15, -0.1) is 11.6 Å². The van der Waals surface area contributed by atoms with Gasteiger partial charge in [0, 0.05) is 29.5 Å². The van der Waals surface area contributed by atoms with E-state index in [1.165, 1.54) is 5.56 Å². The van der Waals surface area contributed by atoms with Crippen LogP contribution < -0.4 is 5.32 Å². The summed E-state index contributed by atoms with van der Waals surface area (Å²) in [6, 6.07) is 14.6. The van der Waals surface area contributed by atoms with Gasteiger partial charge in [0.1, 0.15) is 0 Å². The topological polar surface area (TPSA) is 24.9 Å². The molecule has 0 saturated heterocycles. The van der Waals surface area contributed by atoms with Crippen molar-refractivity contribution < 1.29 is 0 Å². The molecule has 0 aliphatic rings. The first-order chi connectivity index (χ1) is 8.78. The molecule has 0 aliphatic carbocycles. The first kappa shape index (κ1) is 12.9. The Morgan fingerprint density at radius 2 is 2.00 bits per heavy atom. The number of aryl methyl sites for hydroxylation is 1. The highest BCUT2D eigenvalue weighted by Crippen LogP contribution is 2.12. The molecule has 2 nitrogen and oxygen atoms in total. The van der Waals surface area contributed by atoms with E-state index in [0.717, 1.165) is 17.8 Å². The summed E-state index contributed by atoms with van der Waals surface area (Å²) in [5.41, 5.74) is 3.37. The summed E-state index contributed by atoms with van der Waals surface area (Å²) in [6.07, 6.45) is 2.73. The summed E-state index contributed by atoms with van der Waals surface area (Å²) in [5.74, 6) is 0.580. The van der Waals surface area contributed by atoms with E-state index >= 15 is 0 Å². The second-order valence-electron chi connectivity index (χ2n) is 4.37. The monoisotopic (exact) mass is 260 g/mol. The van der Waals surface area contributed by atoms with E-state index < -0.39 is 0 Å². The van der Waals surface area contributed by atoms with Crippen LogP contribution in [-0.4, -0.2) is 16.9 Å². The van der Waals surface area contributed by atoms with E-state index in [9.17, 15) is 0 Å². The Hall–Kier alpha value is -1.54. The van der Waals surface area contributed by atoms with Crippen LogP contribution in [0, 0.1) is 6.92 Å². The van der Waals surface area contributed by atoms with E-state index in [-0.39, 0.29) is 6.04 Å². The maximum atomic E-state index is 6.03. The second kappa shape index (κ2) is 6.41. The third-order valence-electron chi connectivity index (χ3n) is 2.78. The number of hydrogen-bond acceptors (Lipinski definition) is 2. The van der Waals surface area contributed by atoms with Gasteiger partial charge in [0.25, 0.3) is 0 Å². The number of anilines is 1. The molecule has 0 spiro atoms. The SMILES string of the molecule is Cc1cc(NC(CCl)Cc2ccccc2)ccn1. The molecule has 1 heterocycles. The highest BCUT2D eigenvalue weighted by atomic mass is 35.5. The van der Waals surface area contributed by atoms with Gasteiger partial charge < -0.3 is 5.32 Å². The van der Waals surface area contributed by atoms with Crippen LogP contribution in [0.2, 0.25) is 0 Å². The molecule has 0 amide bonds. The number of nitrogens with zero attached hydrogens (tertiary/aromatic N) is 1. The molecule has 1 atom stereocenters. The zero-order chi connectivity index (χ0) is 12.8. The lowest BCUT2D eigenvalue weighted by Crippen LogP contribution is -2.24. The Balaban J connectivity index is 2.01. The fourth-order valence-corrected chi connectivity index (χ4v) is 2.10. The minimum absolute atomic E-state index is 0.232. The highest BCUT2D eigenvalue weighted by Gasteiger charge is 2.08. The molecule has 2 aromatic rings. The largest absolute Gasteiger partial charge is 0.381 e. The van der Waals surface area contributed by atoms with Crippen LogP contribution in [0.5, 0.6) is 0 Å². The Morgan fingerprint density at radius 3 is 2.67 bits per heavy atom. The van der Waals surface area contributed by atoms with Gasteiger partial charge in [0.05, 0.1) is 0 Å². The van der Waals surface area contributed by atoms with E-state index in [1.807, 2.05) is 31.3 Å². The molecule has 0 radical (unpaired) electrons. The Labute approximate surface area is 113 Å². The van der Waals surface area contributed by atoms with Crippen molar-refractivity contribution in [3.8, 4) is 0 Å².